The molecule has 0 saturated heterocycles. The Bertz CT molecular complexity index is 636. The average molecular weight is 299 g/mol. The van der Waals surface area contributed by atoms with Gasteiger partial charge in [0, 0.05) is 0 Å². The molecule has 6 nitrogen and oxygen atoms in total. The largest absolute Gasteiger partial charge is 0.296 e. The van der Waals surface area contributed by atoms with E-state index in [-0.39, 0.29) is 16.4 Å². The summed E-state index contributed by atoms with van der Waals surface area (Å²) in [7, 11) is -3.92. The van der Waals surface area contributed by atoms with Gasteiger partial charge in [0.2, 0.25) is 0 Å². The lowest BCUT2D eigenvalue weighted by molar-refractivity contribution is 0.603. The molecule has 86 valence electrons. The number of nitrogens with one attached hydrogen (secondary N) is 1. The molecule has 1 aliphatic heterocycles. The van der Waals surface area contributed by atoms with Gasteiger partial charge in [0.25, 0.3) is 10.2 Å². The van der Waals surface area contributed by atoms with Gasteiger partial charge in [-0.1, -0.05) is 23.2 Å². The zero-order valence-electron chi connectivity index (χ0n) is 7.44. The molecule has 0 bridgehead atoms. The molecule has 1 heterocycles. The third kappa shape index (κ3) is 2.20. The fraction of sp³-hybridized carbons (Fsp3) is 0. The van der Waals surface area contributed by atoms with E-state index in [0.29, 0.717) is 10.7 Å². The van der Waals surface area contributed by atoms with Gasteiger partial charge in [-0.2, -0.15) is 17.1 Å². The molecular formula is C6H4Cl2N4O2S2. The third-order valence-electron chi connectivity index (χ3n) is 1.69. The maximum absolute atomic E-state index is 10.9. The van der Waals surface area contributed by atoms with Gasteiger partial charge in [0.05, 0.1) is 27.1 Å². The van der Waals surface area contributed by atoms with E-state index in [1.165, 1.54) is 6.07 Å². The van der Waals surface area contributed by atoms with Crippen LogP contribution in [0.2, 0.25) is 10.0 Å². The van der Waals surface area contributed by atoms with E-state index in [4.69, 9.17) is 28.3 Å². The lowest BCUT2D eigenvalue weighted by Gasteiger charge is -2.09. The Morgan fingerprint density at radius 2 is 1.88 bits per heavy atom. The molecule has 16 heavy (non-hydrogen) atoms. The number of halogens is 2. The number of hydrogen-bond acceptors (Lipinski definition) is 4. The van der Waals surface area contributed by atoms with E-state index in [1.807, 2.05) is 0 Å². The summed E-state index contributed by atoms with van der Waals surface area (Å²) in [6, 6.07) is 1.38. The van der Waals surface area contributed by atoms with Crippen LogP contribution in [0.25, 0.3) is 0 Å². The first-order valence-corrected chi connectivity index (χ1v) is 6.82. The number of nitrogens with two attached hydrogens (primary N) is 1. The quantitative estimate of drug-likeness (QED) is 0.890. The summed E-state index contributed by atoms with van der Waals surface area (Å²) >= 11 is 12.6. The fourth-order valence-electron chi connectivity index (χ4n) is 1.11. The Hall–Kier alpha value is -0.670. The van der Waals surface area contributed by atoms with Crippen molar-refractivity contribution in [2.24, 2.45) is 13.9 Å². The van der Waals surface area contributed by atoms with E-state index < -0.39 is 10.2 Å². The van der Waals surface area contributed by atoms with Crippen molar-refractivity contribution < 1.29 is 8.42 Å². The molecule has 0 unspecified atom stereocenters. The Kier molecular flexibility index (Phi) is 2.93. The molecule has 0 amide bonds. The Morgan fingerprint density at radius 3 is 2.50 bits per heavy atom. The average Bonchev–Trinajstić information content (AvgIpc) is 2.59. The number of fused-ring (bicyclic) bond motifs is 1. The zero-order chi connectivity index (χ0) is 11.9. The summed E-state index contributed by atoms with van der Waals surface area (Å²) in [6.45, 7) is 0. The van der Waals surface area contributed by atoms with Gasteiger partial charge < -0.3 is 0 Å². The van der Waals surface area contributed by atoms with Crippen LogP contribution in [0.15, 0.2) is 14.8 Å². The van der Waals surface area contributed by atoms with E-state index in [0.717, 1.165) is 11.4 Å². The Balaban J connectivity index is 2.64. The molecule has 10 heteroatoms. The molecule has 0 saturated carbocycles. The minimum Gasteiger partial charge on any atom is -0.267 e. The Labute approximate surface area is 105 Å². The van der Waals surface area contributed by atoms with Crippen LogP contribution in [0.1, 0.15) is 0 Å². The van der Waals surface area contributed by atoms with Crippen LogP contribution in [0, 0.1) is 0 Å². The van der Waals surface area contributed by atoms with Gasteiger partial charge in [-0.15, -0.1) is 0 Å². The highest BCUT2D eigenvalue weighted by molar-refractivity contribution is 7.90. The summed E-state index contributed by atoms with van der Waals surface area (Å²) < 4.78 is 31.8. The molecule has 1 aromatic carbocycles. The van der Waals surface area contributed by atoms with Crippen LogP contribution in [-0.2, 0) is 21.6 Å². The SMILES string of the molecule is NS(=O)(=O)Nc1c(Cl)cc(Cl)c2c1N=S=N2. The minimum atomic E-state index is -3.92. The molecular weight excluding hydrogens is 295 g/mol. The van der Waals surface area contributed by atoms with Crippen LogP contribution in [-0.4, -0.2) is 8.42 Å². The van der Waals surface area contributed by atoms with Crippen LogP contribution in [0.3, 0.4) is 0 Å². The second kappa shape index (κ2) is 3.97. The predicted octanol–water partition coefficient (Wildman–Crippen LogP) is 2.34. The first-order valence-electron chi connectivity index (χ1n) is 3.79. The maximum atomic E-state index is 10.9. The predicted molar refractivity (Wildman–Crippen MR) is 64.7 cm³/mol. The summed E-state index contributed by atoms with van der Waals surface area (Å²) in [6.07, 6.45) is 0. The highest BCUT2D eigenvalue weighted by Crippen LogP contribution is 2.47. The van der Waals surface area contributed by atoms with Gasteiger partial charge >= 0.3 is 0 Å². The number of rotatable bonds is 2. The molecule has 0 spiro atoms. The molecule has 0 aliphatic carbocycles. The Morgan fingerprint density at radius 1 is 1.25 bits per heavy atom. The molecule has 1 aromatic rings. The first kappa shape index (κ1) is 11.8. The van der Waals surface area contributed by atoms with Crippen molar-refractivity contribution in [1.29, 1.82) is 0 Å². The van der Waals surface area contributed by atoms with Crippen molar-refractivity contribution in [3.63, 3.8) is 0 Å². The van der Waals surface area contributed by atoms with E-state index >= 15 is 0 Å². The molecule has 1 aliphatic rings. The standard InChI is InChI=1S/C6H4Cl2N4O2S2/c7-2-1-3(8)5(12-16(9,13)14)6-4(2)10-15-11-6/h1,12H,(H2,9,13,14). The topological polar surface area (TPSA) is 96.9 Å². The second-order valence-electron chi connectivity index (χ2n) is 2.82. The van der Waals surface area contributed by atoms with Crippen LogP contribution < -0.4 is 9.86 Å². The number of nitrogens with zero attached hydrogens (tertiary/aromatic N) is 2. The third-order valence-corrected chi connectivity index (χ3v) is 3.29. The molecule has 0 atom stereocenters. The van der Waals surface area contributed by atoms with Crippen molar-refractivity contribution in [3.8, 4) is 0 Å². The molecule has 2 rings (SSSR count). The van der Waals surface area contributed by atoms with Crippen molar-refractivity contribution in [1.82, 2.24) is 0 Å². The van der Waals surface area contributed by atoms with Crippen LogP contribution in [0.4, 0.5) is 17.1 Å². The normalized spacial score (nSPS) is 13.4. The molecule has 3 N–H and O–H groups in total. The smallest absolute Gasteiger partial charge is 0.267 e. The summed E-state index contributed by atoms with van der Waals surface area (Å²) in [5.41, 5.74) is 0.732. The number of anilines is 1. The lowest BCUT2D eigenvalue weighted by Crippen LogP contribution is -2.21. The van der Waals surface area contributed by atoms with Crippen molar-refractivity contribution in [2.75, 3.05) is 4.72 Å². The maximum Gasteiger partial charge on any atom is 0.296 e. The highest BCUT2D eigenvalue weighted by atomic mass is 35.5. The monoisotopic (exact) mass is 298 g/mol. The number of benzene rings is 1. The van der Waals surface area contributed by atoms with Gasteiger partial charge in [0.15, 0.2) is 0 Å². The van der Waals surface area contributed by atoms with Gasteiger partial charge in [0.1, 0.15) is 11.4 Å². The first-order chi connectivity index (χ1) is 7.38. The second-order valence-corrected chi connectivity index (χ2v) is 5.46. The van der Waals surface area contributed by atoms with E-state index in [9.17, 15) is 8.42 Å². The van der Waals surface area contributed by atoms with Gasteiger partial charge in [-0.3, -0.25) is 4.72 Å². The summed E-state index contributed by atoms with van der Waals surface area (Å²) in [4.78, 5) is 0. The summed E-state index contributed by atoms with van der Waals surface area (Å²) in [5, 5.41) is 5.27. The molecule has 0 radical (unpaired) electrons. The van der Waals surface area contributed by atoms with Crippen molar-refractivity contribution in [3.05, 3.63) is 16.1 Å². The minimum absolute atomic E-state index is 0.0808. The van der Waals surface area contributed by atoms with E-state index in [2.05, 4.69) is 13.4 Å². The molecule has 0 aromatic heterocycles. The lowest BCUT2D eigenvalue weighted by atomic mass is 10.2. The summed E-state index contributed by atoms with van der Waals surface area (Å²) in [5.74, 6) is 0. The zero-order valence-corrected chi connectivity index (χ0v) is 10.6. The fourth-order valence-corrected chi connectivity index (χ4v) is 2.82. The van der Waals surface area contributed by atoms with Crippen LogP contribution >= 0.6 is 23.2 Å². The van der Waals surface area contributed by atoms with Gasteiger partial charge in [-0.25, -0.2) is 5.14 Å². The van der Waals surface area contributed by atoms with E-state index in [1.54, 1.807) is 0 Å². The molecule has 0 fully saturated rings. The number of hydrogen-bond donors (Lipinski definition) is 2. The van der Waals surface area contributed by atoms with Gasteiger partial charge in [-0.05, 0) is 6.07 Å². The van der Waals surface area contributed by atoms with Crippen molar-refractivity contribution in [2.45, 2.75) is 0 Å². The van der Waals surface area contributed by atoms with Crippen molar-refractivity contribution >= 4 is 61.8 Å². The highest BCUT2D eigenvalue weighted by Gasteiger charge is 2.20. The van der Waals surface area contributed by atoms with Crippen LogP contribution in [0.5, 0.6) is 0 Å².